The average Bonchev–Trinajstić information content (AvgIpc) is 2.61. The molecule has 0 aromatic heterocycles. The van der Waals surface area contributed by atoms with Crippen molar-refractivity contribution in [3.8, 4) is 17.2 Å². The standard InChI is InChI=1S/C18H20ClN3O4/c1-12-3-5-14(6-4-12)25-7-8-26-17-15(19)9-13(10-16(17)24-2)11-21-22-18(20)23/h3-6,9-11H,7-8H2,1-2H3,(H3,20,22,23). The molecule has 138 valence electrons. The van der Waals surface area contributed by atoms with Crippen LogP contribution in [0.1, 0.15) is 11.1 Å². The molecule has 0 fully saturated rings. The molecule has 0 saturated heterocycles. The van der Waals surface area contributed by atoms with Crippen molar-refractivity contribution in [3.05, 3.63) is 52.5 Å². The van der Waals surface area contributed by atoms with Crippen molar-refractivity contribution in [1.29, 1.82) is 0 Å². The second-order valence-corrected chi connectivity index (χ2v) is 5.69. The average molecular weight is 378 g/mol. The van der Waals surface area contributed by atoms with E-state index in [1.54, 1.807) is 12.1 Å². The number of primary amides is 1. The largest absolute Gasteiger partial charge is 0.493 e. The molecule has 0 heterocycles. The van der Waals surface area contributed by atoms with Crippen LogP contribution in [-0.2, 0) is 0 Å². The van der Waals surface area contributed by atoms with E-state index >= 15 is 0 Å². The number of nitrogens with two attached hydrogens (primary N) is 1. The highest BCUT2D eigenvalue weighted by Crippen LogP contribution is 2.36. The minimum Gasteiger partial charge on any atom is -0.493 e. The first-order valence-corrected chi connectivity index (χ1v) is 8.15. The summed E-state index contributed by atoms with van der Waals surface area (Å²) in [5.74, 6) is 1.61. The second-order valence-electron chi connectivity index (χ2n) is 5.28. The summed E-state index contributed by atoms with van der Waals surface area (Å²) in [6.07, 6.45) is 1.39. The molecule has 7 nitrogen and oxygen atoms in total. The molecule has 0 unspecified atom stereocenters. The maximum atomic E-state index is 10.6. The SMILES string of the molecule is COc1cc(C=NNC(N)=O)cc(Cl)c1OCCOc1ccc(C)cc1. The normalized spacial score (nSPS) is 10.6. The number of benzene rings is 2. The highest BCUT2D eigenvalue weighted by Gasteiger charge is 2.11. The van der Waals surface area contributed by atoms with Crippen molar-refractivity contribution in [3.63, 3.8) is 0 Å². The Bertz CT molecular complexity index is 779. The highest BCUT2D eigenvalue weighted by atomic mass is 35.5. The molecule has 2 amide bonds. The molecule has 2 aromatic rings. The number of halogens is 1. The van der Waals surface area contributed by atoms with E-state index in [4.69, 9.17) is 31.5 Å². The van der Waals surface area contributed by atoms with Crippen LogP contribution >= 0.6 is 11.6 Å². The monoisotopic (exact) mass is 377 g/mol. The number of methoxy groups -OCH3 is 1. The Morgan fingerprint density at radius 3 is 2.58 bits per heavy atom. The number of carbonyl (C=O) groups excluding carboxylic acids is 1. The van der Waals surface area contributed by atoms with Crippen LogP contribution in [0.3, 0.4) is 0 Å². The van der Waals surface area contributed by atoms with Crippen LogP contribution in [0, 0.1) is 6.92 Å². The fraction of sp³-hybridized carbons (Fsp3) is 0.222. The first kappa shape index (κ1) is 19.4. The van der Waals surface area contributed by atoms with E-state index < -0.39 is 6.03 Å². The number of hydrogen-bond donors (Lipinski definition) is 2. The van der Waals surface area contributed by atoms with E-state index in [0.717, 1.165) is 5.75 Å². The zero-order valence-corrected chi connectivity index (χ0v) is 15.2. The number of hydrazone groups is 1. The Morgan fingerprint density at radius 2 is 1.92 bits per heavy atom. The Morgan fingerprint density at radius 1 is 1.23 bits per heavy atom. The molecule has 0 saturated carbocycles. The number of hydrogen-bond acceptors (Lipinski definition) is 5. The predicted molar refractivity (Wildman–Crippen MR) is 100 cm³/mol. The molecule has 0 radical (unpaired) electrons. The molecular formula is C18H20ClN3O4. The van der Waals surface area contributed by atoms with E-state index in [2.05, 4.69) is 10.5 Å². The molecule has 26 heavy (non-hydrogen) atoms. The Balaban J connectivity index is 1.96. The van der Waals surface area contributed by atoms with Gasteiger partial charge >= 0.3 is 6.03 Å². The van der Waals surface area contributed by atoms with Gasteiger partial charge in [0.15, 0.2) is 11.5 Å². The van der Waals surface area contributed by atoms with Crippen LogP contribution in [0.15, 0.2) is 41.5 Å². The lowest BCUT2D eigenvalue weighted by atomic mass is 10.2. The molecule has 0 atom stereocenters. The number of rotatable bonds is 8. The zero-order chi connectivity index (χ0) is 18.9. The molecule has 0 aliphatic carbocycles. The summed E-state index contributed by atoms with van der Waals surface area (Å²) < 4.78 is 16.6. The summed E-state index contributed by atoms with van der Waals surface area (Å²) in [6, 6.07) is 10.3. The van der Waals surface area contributed by atoms with Crippen LogP contribution in [0.5, 0.6) is 17.2 Å². The fourth-order valence-electron chi connectivity index (χ4n) is 2.06. The van der Waals surface area contributed by atoms with Gasteiger partial charge in [-0.25, -0.2) is 10.2 Å². The Labute approximate surface area is 156 Å². The third-order valence-electron chi connectivity index (χ3n) is 3.26. The quantitative estimate of drug-likeness (QED) is 0.419. The smallest absolute Gasteiger partial charge is 0.332 e. The first-order chi connectivity index (χ1) is 12.5. The summed E-state index contributed by atoms with van der Waals surface area (Å²) >= 11 is 6.25. The van der Waals surface area contributed by atoms with Gasteiger partial charge in [0.05, 0.1) is 18.3 Å². The first-order valence-electron chi connectivity index (χ1n) is 7.78. The van der Waals surface area contributed by atoms with Crippen LogP contribution in [0.25, 0.3) is 0 Å². The number of urea groups is 1. The van der Waals surface area contributed by atoms with Crippen LogP contribution in [-0.4, -0.2) is 32.6 Å². The van der Waals surface area contributed by atoms with Gasteiger partial charge in [0.25, 0.3) is 0 Å². The maximum absolute atomic E-state index is 10.6. The van der Waals surface area contributed by atoms with E-state index in [0.29, 0.717) is 35.3 Å². The third-order valence-corrected chi connectivity index (χ3v) is 3.54. The van der Waals surface area contributed by atoms with Gasteiger partial charge in [0.1, 0.15) is 19.0 Å². The summed E-state index contributed by atoms with van der Waals surface area (Å²) in [4.78, 5) is 10.6. The van der Waals surface area contributed by atoms with Crippen molar-refractivity contribution in [2.45, 2.75) is 6.92 Å². The predicted octanol–water partition coefficient (Wildman–Crippen LogP) is 3.12. The van der Waals surface area contributed by atoms with E-state index in [1.807, 2.05) is 31.2 Å². The highest BCUT2D eigenvalue weighted by molar-refractivity contribution is 6.32. The minimum absolute atomic E-state index is 0.292. The third kappa shape index (κ3) is 5.86. The van der Waals surface area contributed by atoms with E-state index in [1.165, 1.54) is 18.9 Å². The van der Waals surface area contributed by atoms with Crippen LogP contribution < -0.4 is 25.4 Å². The van der Waals surface area contributed by atoms with Gasteiger partial charge in [-0.2, -0.15) is 5.10 Å². The van der Waals surface area contributed by atoms with E-state index in [9.17, 15) is 4.79 Å². The molecule has 0 aliphatic heterocycles. The summed E-state index contributed by atoms with van der Waals surface area (Å²) in [7, 11) is 1.50. The summed E-state index contributed by atoms with van der Waals surface area (Å²) in [5.41, 5.74) is 8.82. The maximum Gasteiger partial charge on any atom is 0.332 e. The molecule has 3 N–H and O–H groups in total. The van der Waals surface area contributed by atoms with Gasteiger partial charge in [-0.3, -0.25) is 0 Å². The Kier molecular flexibility index (Phi) is 7.11. The summed E-state index contributed by atoms with van der Waals surface area (Å²) in [5, 5.41) is 4.03. The van der Waals surface area contributed by atoms with Crippen LogP contribution in [0.4, 0.5) is 4.79 Å². The number of nitrogens with one attached hydrogen (secondary N) is 1. The lowest BCUT2D eigenvalue weighted by Gasteiger charge is -2.13. The number of carbonyl (C=O) groups is 1. The number of aryl methyl sites for hydroxylation is 1. The molecule has 0 aliphatic rings. The molecule has 0 spiro atoms. The lowest BCUT2D eigenvalue weighted by Crippen LogP contribution is -2.24. The van der Waals surface area contributed by atoms with Gasteiger partial charge < -0.3 is 19.9 Å². The molecule has 0 bridgehead atoms. The van der Waals surface area contributed by atoms with Crippen molar-refractivity contribution in [2.75, 3.05) is 20.3 Å². The number of ether oxygens (including phenoxy) is 3. The molecule has 2 rings (SSSR count). The van der Waals surface area contributed by atoms with Crippen LogP contribution in [0.2, 0.25) is 5.02 Å². The van der Waals surface area contributed by atoms with Gasteiger partial charge in [0, 0.05) is 0 Å². The van der Waals surface area contributed by atoms with Gasteiger partial charge in [-0.1, -0.05) is 29.3 Å². The topological polar surface area (TPSA) is 95.2 Å². The van der Waals surface area contributed by atoms with Crippen molar-refractivity contribution >= 4 is 23.8 Å². The number of nitrogens with zero attached hydrogens (tertiary/aromatic N) is 1. The van der Waals surface area contributed by atoms with E-state index in [-0.39, 0.29) is 0 Å². The molecule has 8 heteroatoms. The van der Waals surface area contributed by atoms with Crippen molar-refractivity contribution in [2.24, 2.45) is 10.8 Å². The minimum atomic E-state index is -0.757. The zero-order valence-electron chi connectivity index (χ0n) is 14.5. The number of amides is 2. The van der Waals surface area contributed by atoms with Gasteiger partial charge in [0.2, 0.25) is 0 Å². The fourth-order valence-corrected chi connectivity index (χ4v) is 2.34. The van der Waals surface area contributed by atoms with Gasteiger partial charge in [-0.05, 0) is 36.8 Å². The second kappa shape index (κ2) is 9.53. The van der Waals surface area contributed by atoms with Gasteiger partial charge in [-0.15, -0.1) is 0 Å². The van der Waals surface area contributed by atoms with Crippen molar-refractivity contribution < 1.29 is 19.0 Å². The lowest BCUT2D eigenvalue weighted by molar-refractivity contribution is 0.211. The summed E-state index contributed by atoms with van der Waals surface area (Å²) in [6.45, 7) is 2.66. The Hall–Kier alpha value is -2.93. The molecular weight excluding hydrogens is 358 g/mol. The van der Waals surface area contributed by atoms with Crippen molar-refractivity contribution in [1.82, 2.24) is 5.43 Å². The molecule has 2 aromatic carbocycles.